The molecule has 0 aliphatic heterocycles. The summed E-state index contributed by atoms with van der Waals surface area (Å²) in [5, 5.41) is 4.97. The maximum atomic E-state index is 10.4. The van der Waals surface area contributed by atoms with E-state index in [9.17, 15) is 4.79 Å². The Bertz CT molecular complexity index is 69.7. The Balaban J connectivity index is 3.06. The Kier molecular flexibility index (Phi) is 5.52. The van der Waals surface area contributed by atoms with Gasteiger partial charge < -0.3 is 10.6 Å². The fourth-order valence-electron chi connectivity index (χ4n) is 0.184. The van der Waals surface area contributed by atoms with Crippen molar-refractivity contribution in [3.8, 4) is 0 Å². The van der Waals surface area contributed by atoms with Crippen molar-refractivity contribution in [2.24, 2.45) is 0 Å². The van der Waals surface area contributed by atoms with Gasteiger partial charge in [-0.15, -0.1) is 0 Å². The Morgan fingerprint density at radius 1 is 1.25 bits per heavy atom. The Morgan fingerprint density at radius 2 is 1.62 bits per heavy atom. The number of rotatable bonds is 2. The molecule has 0 fully saturated rings. The number of nitrogens with one attached hydrogen (secondary N) is 2. The molecule has 2 amide bonds. The summed E-state index contributed by atoms with van der Waals surface area (Å²) in [6, 6.07) is -0.182. The molecule has 0 aliphatic rings. The third-order valence-corrected chi connectivity index (χ3v) is 1.02. The van der Waals surface area contributed by atoms with Crippen molar-refractivity contribution in [3.05, 3.63) is 0 Å². The van der Waals surface area contributed by atoms with Crippen LogP contribution in [0.3, 0.4) is 0 Å². The lowest BCUT2D eigenvalue weighted by Gasteiger charge is -1.98. The van der Waals surface area contributed by atoms with Crippen molar-refractivity contribution < 1.29 is 4.79 Å². The summed E-state index contributed by atoms with van der Waals surface area (Å²) >= 11 is 6.07. The lowest BCUT2D eigenvalue weighted by atomic mass is 11.0. The number of amides is 2. The van der Waals surface area contributed by atoms with E-state index in [4.69, 9.17) is 0 Å². The van der Waals surface area contributed by atoms with Crippen molar-refractivity contribution in [1.82, 2.24) is 10.6 Å². The molecule has 0 aromatic heterocycles. The van der Waals surface area contributed by atoms with Crippen molar-refractivity contribution in [1.29, 1.82) is 0 Å². The lowest BCUT2D eigenvalue weighted by molar-refractivity contribution is 0.244. The van der Waals surface area contributed by atoms with Crippen molar-refractivity contribution in [2.45, 2.75) is 0 Å². The molecule has 0 bridgehead atoms. The van der Waals surface area contributed by atoms with Crippen LogP contribution in [0.15, 0.2) is 0 Å². The van der Waals surface area contributed by atoms with Gasteiger partial charge in [0.2, 0.25) is 0 Å². The van der Waals surface area contributed by atoms with Crippen LogP contribution >= 0.6 is 31.9 Å². The average molecular weight is 246 g/mol. The van der Waals surface area contributed by atoms with E-state index in [0.717, 1.165) is 0 Å². The predicted molar refractivity (Wildman–Crippen MR) is 39.3 cm³/mol. The highest BCUT2D eigenvalue weighted by molar-refractivity contribution is 9.09. The molecule has 0 aliphatic carbocycles. The van der Waals surface area contributed by atoms with Crippen LogP contribution in [-0.4, -0.2) is 16.9 Å². The summed E-state index contributed by atoms with van der Waals surface area (Å²) in [6.07, 6.45) is 0. The lowest BCUT2D eigenvalue weighted by Crippen LogP contribution is -2.33. The third kappa shape index (κ3) is 4.39. The number of halogens is 2. The van der Waals surface area contributed by atoms with Gasteiger partial charge in [-0.1, -0.05) is 31.9 Å². The molecule has 0 saturated carbocycles. The molecule has 0 aromatic carbocycles. The Labute approximate surface area is 64.5 Å². The van der Waals surface area contributed by atoms with Gasteiger partial charge in [-0.25, -0.2) is 4.79 Å². The summed E-state index contributed by atoms with van der Waals surface area (Å²) < 4.78 is 0. The highest BCUT2D eigenvalue weighted by atomic mass is 79.9. The highest BCUT2D eigenvalue weighted by Crippen LogP contribution is 1.74. The van der Waals surface area contributed by atoms with E-state index < -0.39 is 0 Å². The second-order valence-corrected chi connectivity index (χ2v) is 2.07. The standard InChI is InChI=1S/C3H6Br2N2O/c4-1-6-3(8)7-2-5/h1-2H2,(H2,6,7,8). The van der Waals surface area contributed by atoms with Gasteiger partial charge in [0, 0.05) is 0 Å². The third-order valence-electron chi connectivity index (χ3n) is 0.455. The minimum Gasteiger partial charge on any atom is -0.328 e. The maximum absolute atomic E-state index is 10.4. The summed E-state index contributed by atoms with van der Waals surface area (Å²) in [5.41, 5.74) is 0.956. The molecule has 2 N–H and O–H groups in total. The van der Waals surface area contributed by atoms with Gasteiger partial charge in [0.1, 0.15) is 0 Å². The predicted octanol–water partition coefficient (Wildman–Crippen LogP) is 0.990. The van der Waals surface area contributed by atoms with Crippen LogP contribution in [-0.2, 0) is 0 Å². The van der Waals surface area contributed by atoms with Gasteiger partial charge in [-0.2, -0.15) is 0 Å². The Morgan fingerprint density at radius 3 is 1.88 bits per heavy atom. The van der Waals surface area contributed by atoms with E-state index in [1.165, 1.54) is 0 Å². The topological polar surface area (TPSA) is 41.1 Å². The molecule has 0 atom stereocenters. The van der Waals surface area contributed by atoms with Gasteiger partial charge >= 0.3 is 6.03 Å². The summed E-state index contributed by atoms with van der Waals surface area (Å²) in [5.74, 6) is 0. The molecule has 3 nitrogen and oxygen atoms in total. The molecule has 0 saturated heterocycles. The fourth-order valence-corrected chi connectivity index (χ4v) is 0.693. The second kappa shape index (κ2) is 5.37. The molecule has 5 heteroatoms. The van der Waals surface area contributed by atoms with Gasteiger partial charge in [-0.3, -0.25) is 0 Å². The quantitative estimate of drug-likeness (QED) is 0.553. The number of hydrogen-bond acceptors (Lipinski definition) is 1. The molecule has 0 radical (unpaired) electrons. The first-order valence-corrected chi connectivity index (χ1v) is 4.19. The number of urea groups is 1. The van der Waals surface area contributed by atoms with Gasteiger partial charge in [0.25, 0.3) is 0 Å². The summed E-state index contributed by atoms with van der Waals surface area (Å²) in [6.45, 7) is 0. The van der Waals surface area contributed by atoms with Crippen molar-refractivity contribution in [2.75, 3.05) is 10.9 Å². The molecule has 0 spiro atoms. The van der Waals surface area contributed by atoms with Gasteiger partial charge in [-0.05, 0) is 0 Å². The number of carbonyl (C=O) groups is 1. The second-order valence-electron chi connectivity index (χ2n) is 0.950. The first-order chi connectivity index (χ1) is 3.81. The van der Waals surface area contributed by atoms with Crippen LogP contribution in [0.25, 0.3) is 0 Å². The summed E-state index contributed by atoms with van der Waals surface area (Å²) in [7, 11) is 0. The van der Waals surface area contributed by atoms with Gasteiger partial charge in [0.15, 0.2) is 0 Å². The number of hydrogen-bond donors (Lipinski definition) is 2. The largest absolute Gasteiger partial charge is 0.328 e. The van der Waals surface area contributed by atoms with E-state index in [-0.39, 0.29) is 6.03 Å². The van der Waals surface area contributed by atoms with Crippen LogP contribution in [0.2, 0.25) is 0 Å². The fraction of sp³-hybridized carbons (Fsp3) is 0.667. The number of carbonyl (C=O) groups excluding carboxylic acids is 1. The average Bonchev–Trinajstić information content (AvgIpc) is 1.68. The number of alkyl halides is 2. The van der Waals surface area contributed by atoms with Crippen molar-refractivity contribution in [3.63, 3.8) is 0 Å². The van der Waals surface area contributed by atoms with Crippen LogP contribution in [0, 0.1) is 0 Å². The zero-order chi connectivity index (χ0) is 6.41. The van der Waals surface area contributed by atoms with E-state index in [0.29, 0.717) is 10.9 Å². The van der Waals surface area contributed by atoms with Crippen LogP contribution in [0.1, 0.15) is 0 Å². The highest BCUT2D eigenvalue weighted by Gasteiger charge is 1.91. The monoisotopic (exact) mass is 244 g/mol. The maximum Gasteiger partial charge on any atom is 0.316 e. The minimum atomic E-state index is -0.182. The van der Waals surface area contributed by atoms with Crippen LogP contribution in [0.4, 0.5) is 4.79 Å². The first-order valence-electron chi connectivity index (χ1n) is 1.95. The molecular weight excluding hydrogens is 240 g/mol. The molecule has 0 heterocycles. The molecular formula is C3H6Br2N2O. The first kappa shape index (κ1) is 8.23. The Hall–Kier alpha value is 0.230. The zero-order valence-electron chi connectivity index (χ0n) is 4.08. The van der Waals surface area contributed by atoms with Crippen LogP contribution < -0.4 is 10.6 Å². The van der Waals surface area contributed by atoms with Crippen molar-refractivity contribution >= 4 is 37.9 Å². The molecule has 0 aromatic rings. The minimum absolute atomic E-state index is 0.182. The van der Waals surface area contributed by atoms with E-state index in [1.54, 1.807) is 0 Å². The van der Waals surface area contributed by atoms with E-state index in [1.807, 2.05) is 0 Å². The van der Waals surface area contributed by atoms with Crippen LogP contribution in [0.5, 0.6) is 0 Å². The normalized spacial score (nSPS) is 8.25. The molecule has 8 heavy (non-hydrogen) atoms. The molecule has 48 valence electrons. The molecule has 0 rings (SSSR count). The van der Waals surface area contributed by atoms with E-state index in [2.05, 4.69) is 42.5 Å². The summed E-state index contributed by atoms with van der Waals surface area (Å²) in [4.78, 5) is 10.4. The smallest absolute Gasteiger partial charge is 0.316 e. The van der Waals surface area contributed by atoms with E-state index >= 15 is 0 Å². The zero-order valence-corrected chi connectivity index (χ0v) is 7.25. The molecule has 0 unspecified atom stereocenters. The SMILES string of the molecule is O=C(NCBr)NCBr. The van der Waals surface area contributed by atoms with Gasteiger partial charge in [0.05, 0.1) is 10.9 Å².